The second-order valence-electron chi connectivity index (χ2n) is 12.8. The molecule has 0 spiro atoms. The minimum absolute atomic E-state index is 0.172. The largest absolute Gasteiger partial charge is 0.465 e. The summed E-state index contributed by atoms with van der Waals surface area (Å²) in [6.45, 7) is 4.39. The molecule has 0 saturated carbocycles. The molecule has 5 aromatic carbocycles. The number of hydrogen-bond acceptors (Lipinski definition) is 7. The van der Waals surface area contributed by atoms with E-state index in [0.29, 0.717) is 53.4 Å². The van der Waals surface area contributed by atoms with Crippen molar-refractivity contribution in [2.24, 2.45) is 0 Å². The summed E-state index contributed by atoms with van der Waals surface area (Å²) < 4.78 is 10.2. The maximum Gasteiger partial charge on any atom is 0.337 e. The van der Waals surface area contributed by atoms with Crippen LogP contribution in [0.15, 0.2) is 109 Å². The van der Waals surface area contributed by atoms with E-state index < -0.39 is 5.91 Å². The summed E-state index contributed by atoms with van der Waals surface area (Å²) in [6, 6.07) is 32.8. The molecule has 1 fully saturated rings. The zero-order valence-corrected chi connectivity index (χ0v) is 29.4. The molecule has 1 saturated heterocycles. The van der Waals surface area contributed by atoms with Gasteiger partial charge in [-0.2, -0.15) is 0 Å². The minimum atomic E-state index is -0.431. The van der Waals surface area contributed by atoms with Gasteiger partial charge in [-0.15, -0.1) is 0 Å². The molecule has 0 unspecified atom stereocenters. The van der Waals surface area contributed by atoms with Crippen molar-refractivity contribution in [2.45, 2.75) is 12.8 Å². The Morgan fingerprint density at radius 3 is 2.02 bits per heavy atom. The number of benzene rings is 5. The van der Waals surface area contributed by atoms with Gasteiger partial charge in [0.2, 0.25) is 0 Å². The lowest BCUT2D eigenvalue weighted by molar-refractivity contribution is 0.0338. The summed E-state index contributed by atoms with van der Waals surface area (Å²) in [6.07, 6.45) is 1.57. The number of aryl methyl sites for hydroxylation is 2. The van der Waals surface area contributed by atoms with Crippen molar-refractivity contribution in [1.82, 2.24) is 9.80 Å². The number of likely N-dealkylation sites (N-methyl/N-ethyl adjacent to an activating group) is 1. The Bertz CT molecular complexity index is 2060. The minimum Gasteiger partial charge on any atom is -0.465 e. The molecule has 266 valence electrons. The predicted octanol–water partition coefficient (Wildman–Crippen LogP) is 6.32. The van der Waals surface area contributed by atoms with Crippen molar-refractivity contribution in [3.8, 4) is 0 Å². The van der Waals surface area contributed by atoms with Crippen molar-refractivity contribution in [2.75, 3.05) is 64.2 Å². The standard InChI is InChI=1S/C42H42N4O6/c1-45(20-21-46-22-24-52-25-23-46)41(49)35-9-5-8-34(26-35)39(47)44-38-28-33-7-4-3-6-32(33)27-37(38)40(48)43-36-18-14-30(15-19-36)11-10-29-12-16-31(17-13-29)42(50)51-2/h3-9,12-19,26-28H,10-11,20-25H2,1-2H3,(H,43,48)(H,44,47). The molecular formula is C42H42N4O6. The molecule has 0 atom stereocenters. The molecular weight excluding hydrogens is 656 g/mol. The first-order valence-corrected chi connectivity index (χ1v) is 17.3. The number of anilines is 2. The van der Waals surface area contributed by atoms with Crippen LogP contribution in [0.3, 0.4) is 0 Å². The van der Waals surface area contributed by atoms with Crippen molar-refractivity contribution in [3.05, 3.63) is 143 Å². The molecule has 3 amide bonds. The monoisotopic (exact) mass is 698 g/mol. The van der Waals surface area contributed by atoms with E-state index in [1.807, 2.05) is 60.7 Å². The highest BCUT2D eigenvalue weighted by Gasteiger charge is 2.19. The lowest BCUT2D eigenvalue weighted by Crippen LogP contribution is -2.41. The van der Waals surface area contributed by atoms with Gasteiger partial charge in [-0.25, -0.2) is 4.79 Å². The normalized spacial score (nSPS) is 13.0. The Morgan fingerprint density at radius 1 is 0.712 bits per heavy atom. The smallest absolute Gasteiger partial charge is 0.337 e. The summed E-state index contributed by atoms with van der Waals surface area (Å²) in [5, 5.41) is 7.63. The second kappa shape index (κ2) is 16.9. The SMILES string of the molecule is COC(=O)c1ccc(CCc2ccc(NC(=O)c3cc4ccccc4cc3NC(=O)c3cccc(C(=O)N(C)CCN4CCOCC4)c3)cc2)cc1. The summed E-state index contributed by atoms with van der Waals surface area (Å²) in [4.78, 5) is 56.2. The van der Waals surface area contributed by atoms with Gasteiger partial charge < -0.3 is 25.0 Å². The third kappa shape index (κ3) is 9.08. The average Bonchev–Trinajstić information content (AvgIpc) is 3.19. The number of ether oxygens (including phenoxy) is 2. The van der Waals surface area contributed by atoms with E-state index in [1.165, 1.54) is 7.11 Å². The summed E-state index contributed by atoms with van der Waals surface area (Å²) in [5.74, 6) is -1.33. The molecule has 1 aliphatic heterocycles. The van der Waals surface area contributed by atoms with E-state index in [0.717, 1.165) is 54.4 Å². The number of carbonyl (C=O) groups is 4. The van der Waals surface area contributed by atoms with Gasteiger partial charge in [0.05, 0.1) is 37.1 Å². The fourth-order valence-corrected chi connectivity index (χ4v) is 6.12. The van der Waals surface area contributed by atoms with Gasteiger partial charge in [0.15, 0.2) is 0 Å². The van der Waals surface area contributed by atoms with Crippen molar-refractivity contribution >= 4 is 45.8 Å². The molecule has 2 N–H and O–H groups in total. The molecule has 0 bridgehead atoms. The van der Waals surface area contributed by atoms with Gasteiger partial charge in [0.1, 0.15) is 0 Å². The van der Waals surface area contributed by atoms with E-state index in [4.69, 9.17) is 9.47 Å². The van der Waals surface area contributed by atoms with Crippen LogP contribution in [-0.2, 0) is 22.3 Å². The fraction of sp³-hybridized carbons (Fsp3) is 0.238. The molecule has 0 aromatic heterocycles. The third-order valence-electron chi connectivity index (χ3n) is 9.24. The first-order chi connectivity index (χ1) is 25.3. The molecule has 0 aliphatic carbocycles. The number of morpholine rings is 1. The lowest BCUT2D eigenvalue weighted by atomic mass is 10.0. The molecule has 52 heavy (non-hydrogen) atoms. The van der Waals surface area contributed by atoms with Crippen molar-refractivity contribution in [1.29, 1.82) is 0 Å². The maximum absolute atomic E-state index is 13.7. The first kappa shape index (κ1) is 36.0. The average molecular weight is 699 g/mol. The zero-order valence-electron chi connectivity index (χ0n) is 29.4. The van der Waals surface area contributed by atoms with Crippen LogP contribution in [0.2, 0.25) is 0 Å². The molecule has 0 radical (unpaired) electrons. The van der Waals surface area contributed by atoms with E-state index in [-0.39, 0.29) is 17.8 Å². The molecule has 1 aliphatic rings. The van der Waals surface area contributed by atoms with Gasteiger partial charge in [0, 0.05) is 50.0 Å². The molecule has 10 nitrogen and oxygen atoms in total. The van der Waals surface area contributed by atoms with Crippen LogP contribution in [0.4, 0.5) is 11.4 Å². The van der Waals surface area contributed by atoms with E-state index in [2.05, 4.69) is 15.5 Å². The van der Waals surface area contributed by atoms with Crippen LogP contribution in [-0.4, -0.2) is 87.0 Å². The summed E-state index contributed by atoms with van der Waals surface area (Å²) in [5.41, 5.74) is 4.71. The Balaban J connectivity index is 1.12. The number of nitrogens with one attached hydrogen (secondary N) is 2. The van der Waals surface area contributed by atoms with E-state index >= 15 is 0 Å². The Labute approximate surface area is 303 Å². The highest BCUT2D eigenvalue weighted by molar-refractivity contribution is 6.15. The number of hydrogen-bond donors (Lipinski definition) is 2. The highest BCUT2D eigenvalue weighted by atomic mass is 16.5. The van der Waals surface area contributed by atoms with Crippen LogP contribution in [0.1, 0.15) is 52.6 Å². The topological polar surface area (TPSA) is 117 Å². The number of amides is 3. The molecule has 6 rings (SSSR count). The number of fused-ring (bicyclic) bond motifs is 1. The zero-order chi connectivity index (χ0) is 36.5. The highest BCUT2D eigenvalue weighted by Crippen LogP contribution is 2.26. The first-order valence-electron chi connectivity index (χ1n) is 17.3. The number of esters is 1. The van der Waals surface area contributed by atoms with Crippen LogP contribution >= 0.6 is 0 Å². The number of nitrogens with zero attached hydrogens (tertiary/aromatic N) is 2. The number of carbonyl (C=O) groups excluding carboxylic acids is 4. The van der Waals surface area contributed by atoms with Gasteiger partial charge in [-0.05, 0) is 89.3 Å². The van der Waals surface area contributed by atoms with Gasteiger partial charge in [-0.3, -0.25) is 19.3 Å². The van der Waals surface area contributed by atoms with Crippen LogP contribution in [0.5, 0.6) is 0 Å². The van der Waals surface area contributed by atoms with Crippen LogP contribution in [0.25, 0.3) is 10.8 Å². The summed E-state index contributed by atoms with van der Waals surface area (Å²) in [7, 11) is 3.12. The lowest BCUT2D eigenvalue weighted by Gasteiger charge is -2.28. The predicted molar refractivity (Wildman–Crippen MR) is 202 cm³/mol. The Kier molecular flexibility index (Phi) is 11.7. The van der Waals surface area contributed by atoms with Crippen LogP contribution < -0.4 is 10.6 Å². The maximum atomic E-state index is 13.7. The van der Waals surface area contributed by atoms with Crippen molar-refractivity contribution < 1.29 is 28.7 Å². The van der Waals surface area contributed by atoms with Crippen LogP contribution in [0, 0.1) is 0 Å². The van der Waals surface area contributed by atoms with E-state index in [9.17, 15) is 19.2 Å². The molecule has 1 heterocycles. The number of methoxy groups -OCH3 is 1. The molecule has 10 heteroatoms. The Hall–Kier alpha value is -5.84. The second-order valence-corrected chi connectivity index (χ2v) is 12.8. The van der Waals surface area contributed by atoms with Crippen molar-refractivity contribution in [3.63, 3.8) is 0 Å². The van der Waals surface area contributed by atoms with E-state index in [1.54, 1.807) is 60.5 Å². The molecule has 5 aromatic rings. The fourth-order valence-electron chi connectivity index (χ4n) is 6.12. The number of rotatable bonds is 12. The summed E-state index contributed by atoms with van der Waals surface area (Å²) >= 11 is 0. The van der Waals surface area contributed by atoms with Gasteiger partial charge >= 0.3 is 5.97 Å². The Morgan fingerprint density at radius 2 is 1.35 bits per heavy atom. The van der Waals surface area contributed by atoms with Gasteiger partial charge in [-0.1, -0.05) is 54.6 Å². The quantitative estimate of drug-likeness (QED) is 0.147. The van der Waals surface area contributed by atoms with Gasteiger partial charge in [0.25, 0.3) is 17.7 Å². The third-order valence-corrected chi connectivity index (χ3v) is 9.24.